The SMILES string of the molecule is Cc1cccc(N(CC(=O)Nc2nnc(-c3ccc(Cl)cc3)s2)S(=O)(=O)c2ccccc2)c1C. The highest BCUT2D eigenvalue weighted by Gasteiger charge is 2.28. The van der Waals surface area contributed by atoms with E-state index >= 15 is 0 Å². The van der Waals surface area contributed by atoms with Gasteiger partial charge in [0.15, 0.2) is 0 Å². The average molecular weight is 513 g/mol. The first-order valence-corrected chi connectivity index (χ1v) is 12.9. The third-order valence-electron chi connectivity index (χ3n) is 5.23. The van der Waals surface area contributed by atoms with Gasteiger partial charge in [0, 0.05) is 10.6 Å². The standard InChI is InChI=1S/C24H21ClN4O3S2/c1-16-7-6-10-21(17(16)2)29(34(31,32)20-8-4-3-5-9-20)15-22(30)26-24-28-27-23(33-24)18-11-13-19(25)14-12-18/h3-14H,15H2,1-2H3,(H,26,28,30). The van der Waals surface area contributed by atoms with E-state index in [0.29, 0.717) is 15.7 Å². The number of halogens is 1. The largest absolute Gasteiger partial charge is 0.299 e. The maximum absolute atomic E-state index is 13.5. The van der Waals surface area contributed by atoms with E-state index in [4.69, 9.17) is 11.6 Å². The van der Waals surface area contributed by atoms with Gasteiger partial charge in [-0.15, -0.1) is 10.2 Å². The van der Waals surface area contributed by atoms with E-state index in [2.05, 4.69) is 15.5 Å². The molecule has 10 heteroatoms. The zero-order valence-electron chi connectivity index (χ0n) is 18.4. The Balaban J connectivity index is 1.61. The first kappa shape index (κ1) is 23.9. The van der Waals surface area contributed by atoms with E-state index in [9.17, 15) is 13.2 Å². The van der Waals surface area contributed by atoms with Crippen LogP contribution in [0.15, 0.2) is 77.7 Å². The highest BCUT2D eigenvalue weighted by Crippen LogP contribution is 2.30. The predicted molar refractivity (Wildman–Crippen MR) is 136 cm³/mol. The molecule has 7 nitrogen and oxygen atoms in total. The molecule has 0 bridgehead atoms. The maximum Gasteiger partial charge on any atom is 0.264 e. The third-order valence-corrected chi connectivity index (χ3v) is 8.14. The topological polar surface area (TPSA) is 92.3 Å². The van der Waals surface area contributed by atoms with Gasteiger partial charge in [0.2, 0.25) is 11.0 Å². The smallest absolute Gasteiger partial charge is 0.264 e. The fraction of sp³-hybridized carbons (Fsp3) is 0.125. The Morgan fingerprint density at radius 2 is 1.68 bits per heavy atom. The molecule has 1 N–H and O–H groups in total. The second-order valence-corrected chi connectivity index (χ2v) is 10.8. The van der Waals surface area contributed by atoms with Crippen LogP contribution >= 0.6 is 22.9 Å². The van der Waals surface area contributed by atoms with Gasteiger partial charge in [0.25, 0.3) is 10.0 Å². The van der Waals surface area contributed by atoms with Crippen molar-refractivity contribution in [3.05, 3.63) is 88.9 Å². The minimum Gasteiger partial charge on any atom is -0.299 e. The maximum atomic E-state index is 13.5. The number of carbonyl (C=O) groups excluding carboxylic acids is 1. The number of aromatic nitrogens is 2. The first-order valence-electron chi connectivity index (χ1n) is 10.3. The molecule has 0 spiro atoms. The lowest BCUT2D eigenvalue weighted by molar-refractivity contribution is -0.114. The number of hydrogen-bond donors (Lipinski definition) is 1. The summed E-state index contributed by atoms with van der Waals surface area (Å²) >= 11 is 7.12. The molecule has 4 rings (SSSR count). The number of hydrogen-bond acceptors (Lipinski definition) is 6. The van der Waals surface area contributed by atoms with Crippen LogP contribution < -0.4 is 9.62 Å². The summed E-state index contributed by atoms with van der Waals surface area (Å²) < 4.78 is 28.1. The van der Waals surface area contributed by atoms with Crippen LogP contribution in [0, 0.1) is 13.8 Å². The molecule has 3 aromatic carbocycles. The lowest BCUT2D eigenvalue weighted by Gasteiger charge is -2.26. The summed E-state index contributed by atoms with van der Waals surface area (Å²) in [6.07, 6.45) is 0. The minimum absolute atomic E-state index is 0.102. The van der Waals surface area contributed by atoms with Crippen molar-refractivity contribution in [1.29, 1.82) is 0 Å². The van der Waals surface area contributed by atoms with Gasteiger partial charge in [-0.2, -0.15) is 0 Å². The summed E-state index contributed by atoms with van der Waals surface area (Å²) in [4.78, 5) is 13.1. The van der Waals surface area contributed by atoms with Gasteiger partial charge < -0.3 is 0 Å². The number of anilines is 2. The number of nitrogens with one attached hydrogen (secondary N) is 1. The number of sulfonamides is 1. The van der Waals surface area contributed by atoms with Crippen LogP contribution in [0.4, 0.5) is 10.8 Å². The van der Waals surface area contributed by atoms with Crippen molar-refractivity contribution in [2.45, 2.75) is 18.7 Å². The van der Waals surface area contributed by atoms with Crippen molar-refractivity contribution in [2.24, 2.45) is 0 Å². The molecule has 174 valence electrons. The molecule has 0 unspecified atom stereocenters. The van der Waals surface area contributed by atoms with Gasteiger partial charge in [-0.3, -0.25) is 14.4 Å². The molecule has 1 aromatic heterocycles. The molecule has 0 saturated heterocycles. The summed E-state index contributed by atoms with van der Waals surface area (Å²) in [5, 5.41) is 12.3. The van der Waals surface area contributed by atoms with E-state index in [1.54, 1.807) is 42.5 Å². The van der Waals surface area contributed by atoms with Gasteiger partial charge in [0.05, 0.1) is 10.6 Å². The fourth-order valence-corrected chi connectivity index (χ4v) is 5.69. The summed E-state index contributed by atoms with van der Waals surface area (Å²) in [6.45, 7) is 3.31. The summed E-state index contributed by atoms with van der Waals surface area (Å²) in [6, 6.07) is 20.5. The fourth-order valence-electron chi connectivity index (χ4n) is 3.30. The molecule has 0 radical (unpaired) electrons. The lowest BCUT2D eigenvalue weighted by Crippen LogP contribution is -2.38. The molecule has 0 saturated carbocycles. The van der Waals surface area contributed by atoms with Gasteiger partial charge in [0.1, 0.15) is 11.6 Å². The van der Waals surface area contributed by atoms with Crippen LogP contribution in [-0.4, -0.2) is 31.1 Å². The highest BCUT2D eigenvalue weighted by molar-refractivity contribution is 7.92. The van der Waals surface area contributed by atoms with E-state index in [-0.39, 0.29) is 10.0 Å². The molecule has 0 aliphatic carbocycles. The Hall–Kier alpha value is -3.27. The van der Waals surface area contributed by atoms with Crippen LogP contribution in [0.3, 0.4) is 0 Å². The number of carbonyl (C=O) groups is 1. The molecule has 0 fully saturated rings. The second kappa shape index (κ2) is 9.92. The minimum atomic E-state index is -4.00. The quantitative estimate of drug-likeness (QED) is 0.362. The summed E-state index contributed by atoms with van der Waals surface area (Å²) in [5.74, 6) is -0.529. The Morgan fingerprint density at radius 1 is 0.971 bits per heavy atom. The number of amides is 1. The van der Waals surface area contributed by atoms with Crippen LogP contribution in [0.25, 0.3) is 10.6 Å². The first-order chi connectivity index (χ1) is 16.3. The molecule has 34 heavy (non-hydrogen) atoms. The monoisotopic (exact) mass is 512 g/mol. The average Bonchev–Trinajstić information content (AvgIpc) is 3.29. The summed E-state index contributed by atoms with van der Waals surface area (Å²) in [5.41, 5.74) is 2.95. The van der Waals surface area contributed by atoms with E-state index in [1.165, 1.54) is 23.5 Å². The Labute approximate surface area is 207 Å². The zero-order valence-corrected chi connectivity index (χ0v) is 20.8. The summed E-state index contributed by atoms with van der Waals surface area (Å²) in [7, 11) is -4.00. The highest BCUT2D eigenvalue weighted by atomic mass is 35.5. The van der Waals surface area contributed by atoms with Crippen molar-refractivity contribution in [2.75, 3.05) is 16.2 Å². The predicted octanol–water partition coefficient (Wildman–Crippen LogP) is 5.31. The van der Waals surface area contributed by atoms with Gasteiger partial charge in [-0.1, -0.05) is 65.4 Å². The van der Waals surface area contributed by atoms with E-state index < -0.39 is 22.5 Å². The van der Waals surface area contributed by atoms with Crippen LogP contribution in [-0.2, 0) is 14.8 Å². The van der Waals surface area contributed by atoms with Crippen LogP contribution in [0.2, 0.25) is 5.02 Å². The van der Waals surface area contributed by atoms with Gasteiger partial charge in [-0.25, -0.2) is 8.42 Å². The number of aryl methyl sites for hydroxylation is 1. The Kier molecular flexibility index (Phi) is 6.97. The molecule has 0 aliphatic rings. The molecule has 4 aromatic rings. The number of rotatable bonds is 7. The molecule has 1 amide bonds. The van der Waals surface area contributed by atoms with Crippen molar-refractivity contribution >= 4 is 49.7 Å². The van der Waals surface area contributed by atoms with Crippen LogP contribution in [0.1, 0.15) is 11.1 Å². The third kappa shape index (κ3) is 5.11. The Morgan fingerprint density at radius 3 is 2.38 bits per heavy atom. The van der Waals surface area contributed by atoms with Gasteiger partial charge in [-0.05, 0) is 55.3 Å². The molecular weight excluding hydrogens is 492 g/mol. The van der Waals surface area contributed by atoms with Crippen molar-refractivity contribution in [3.8, 4) is 10.6 Å². The molecular formula is C24H21ClN4O3S2. The molecule has 0 atom stereocenters. The zero-order chi connectivity index (χ0) is 24.3. The van der Waals surface area contributed by atoms with Crippen molar-refractivity contribution in [3.63, 3.8) is 0 Å². The van der Waals surface area contributed by atoms with Crippen molar-refractivity contribution < 1.29 is 13.2 Å². The number of nitrogens with zero attached hydrogens (tertiary/aromatic N) is 3. The second-order valence-electron chi connectivity index (χ2n) is 7.51. The van der Waals surface area contributed by atoms with Gasteiger partial charge >= 0.3 is 0 Å². The lowest BCUT2D eigenvalue weighted by atomic mass is 10.1. The normalized spacial score (nSPS) is 11.3. The number of benzene rings is 3. The van der Waals surface area contributed by atoms with Crippen LogP contribution in [0.5, 0.6) is 0 Å². The molecule has 1 heterocycles. The van der Waals surface area contributed by atoms with Crippen molar-refractivity contribution in [1.82, 2.24) is 10.2 Å². The van der Waals surface area contributed by atoms with E-state index in [0.717, 1.165) is 21.0 Å². The van der Waals surface area contributed by atoms with E-state index in [1.807, 2.05) is 32.0 Å². The molecule has 0 aliphatic heterocycles. The Bertz CT molecular complexity index is 1420.